The fourth-order valence-corrected chi connectivity index (χ4v) is 2.12. The second-order valence-corrected chi connectivity index (χ2v) is 4.06. The van der Waals surface area contributed by atoms with Crippen molar-refractivity contribution >= 4 is 22.6 Å². The summed E-state index contributed by atoms with van der Waals surface area (Å²) in [5.74, 6) is 0.473. The number of para-hydroxylation sites is 2. The lowest BCUT2D eigenvalue weighted by atomic mass is 10.3. The van der Waals surface area contributed by atoms with E-state index < -0.39 is 0 Å². The molecule has 90 valence electrons. The Balaban J connectivity index is 2.58. The number of fused-ring (bicyclic) bond motifs is 1. The molecule has 0 saturated heterocycles. The van der Waals surface area contributed by atoms with E-state index >= 15 is 0 Å². The monoisotopic (exact) mass is 250 g/mol. The minimum Gasteiger partial charge on any atom is -0.292 e. The zero-order chi connectivity index (χ0) is 12.3. The lowest BCUT2D eigenvalue weighted by Gasteiger charge is -1.97. The summed E-state index contributed by atoms with van der Waals surface area (Å²) in [6, 6.07) is 7.84. The predicted molar refractivity (Wildman–Crippen MR) is 71.7 cm³/mol. The van der Waals surface area contributed by atoms with Crippen LogP contribution in [-0.4, -0.2) is 15.0 Å². The van der Waals surface area contributed by atoms with Crippen molar-refractivity contribution in [2.24, 2.45) is 0 Å². The molecule has 0 radical (unpaired) electrons. The van der Waals surface area contributed by atoms with Crippen molar-refractivity contribution in [2.75, 3.05) is 5.88 Å². The molecule has 0 fully saturated rings. The maximum absolute atomic E-state index is 12.2. The average molecular weight is 251 g/mol. The van der Waals surface area contributed by atoms with E-state index in [4.69, 9.17) is 11.6 Å². The molecular formula is C13H15ClN2O. The Morgan fingerprint density at radius 1 is 1.18 bits per heavy atom. The Morgan fingerprint density at radius 2 is 1.82 bits per heavy atom. The van der Waals surface area contributed by atoms with Crippen LogP contribution in [0.1, 0.15) is 6.92 Å². The number of alkyl halides is 1. The predicted octanol–water partition coefficient (Wildman–Crippen LogP) is 2.62. The molecule has 3 nitrogen and oxygen atoms in total. The normalized spacial score (nSPS) is 11.6. The van der Waals surface area contributed by atoms with Crippen molar-refractivity contribution in [2.45, 2.75) is 20.0 Å². The first-order valence-corrected chi connectivity index (χ1v) is 6.22. The van der Waals surface area contributed by atoms with Crippen LogP contribution in [0.5, 0.6) is 0 Å². The first-order chi connectivity index (χ1) is 8.29. The summed E-state index contributed by atoms with van der Waals surface area (Å²) in [4.78, 5) is 12.2. The minimum absolute atomic E-state index is 0.0351. The largest absolute Gasteiger partial charge is 0.329 e. The van der Waals surface area contributed by atoms with Crippen molar-refractivity contribution < 1.29 is 0 Å². The quantitative estimate of drug-likeness (QED) is 0.605. The third kappa shape index (κ3) is 2.15. The lowest BCUT2D eigenvalue weighted by Crippen LogP contribution is -2.23. The number of rotatable bonds is 4. The van der Waals surface area contributed by atoms with E-state index in [1.54, 1.807) is 9.13 Å². The van der Waals surface area contributed by atoms with Gasteiger partial charge in [-0.3, -0.25) is 9.13 Å². The van der Waals surface area contributed by atoms with Gasteiger partial charge in [0.25, 0.3) is 0 Å². The number of hydrogen-bond acceptors (Lipinski definition) is 1. The van der Waals surface area contributed by atoms with E-state index in [2.05, 4.69) is 0 Å². The highest BCUT2D eigenvalue weighted by Gasteiger charge is 2.09. The smallest absolute Gasteiger partial charge is 0.292 e. The highest BCUT2D eigenvalue weighted by Crippen LogP contribution is 2.12. The molecule has 1 aromatic carbocycles. The molecule has 0 aliphatic heterocycles. The van der Waals surface area contributed by atoms with E-state index in [0.29, 0.717) is 19.0 Å². The summed E-state index contributed by atoms with van der Waals surface area (Å²) in [7, 11) is 0. The molecule has 0 bridgehead atoms. The molecule has 2 aromatic rings. The zero-order valence-electron chi connectivity index (χ0n) is 9.77. The number of benzene rings is 1. The van der Waals surface area contributed by atoms with Crippen LogP contribution in [0, 0.1) is 0 Å². The van der Waals surface area contributed by atoms with Gasteiger partial charge in [-0.2, -0.15) is 0 Å². The fraction of sp³-hybridized carbons (Fsp3) is 0.308. The Labute approximate surface area is 105 Å². The lowest BCUT2D eigenvalue weighted by molar-refractivity contribution is 0.691. The first-order valence-electron chi connectivity index (χ1n) is 5.68. The number of aromatic nitrogens is 2. The van der Waals surface area contributed by atoms with Gasteiger partial charge in [0.1, 0.15) is 0 Å². The van der Waals surface area contributed by atoms with Gasteiger partial charge >= 0.3 is 5.69 Å². The Hall–Kier alpha value is -1.48. The fourth-order valence-electron chi connectivity index (χ4n) is 2.00. The van der Waals surface area contributed by atoms with E-state index in [1.165, 1.54) is 0 Å². The summed E-state index contributed by atoms with van der Waals surface area (Å²) in [6.45, 7) is 3.23. The second-order valence-electron chi connectivity index (χ2n) is 3.75. The molecule has 0 aliphatic carbocycles. The molecule has 0 aliphatic rings. The summed E-state index contributed by atoms with van der Waals surface area (Å²) in [5.41, 5.74) is 1.99. The summed E-state index contributed by atoms with van der Waals surface area (Å²) >= 11 is 5.58. The van der Waals surface area contributed by atoms with Gasteiger partial charge in [-0.1, -0.05) is 24.3 Å². The SMILES string of the molecule is CCn1c(=O)n(C/C=C\CCl)c2ccccc21. The number of imidazole rings is 1. The molecule has 4 heteroatoms. The van der Waals surface area contributed by atoms with Crippen LogP contribution in [0.25, 0.3) is 11.0 Å². The van der Waals surface area contributed by atoms with Crippen LogP contribution in [0.15, 0.2) is 41.2 Å². The molecular weight excluding hydrogens is 236 g/mol. The molecule has 0 amide bonds. The number of allylic oxidation sites excluding steroid dienone is 2. The standard InChI is InChI=1S/C13H15ClN2O/c1-2-15-11-7-3-4-8-12(11)16(13(15)17)10-6-5-9-14/h3-8H,2,9-10H2,1H3/b6-5-. The van der Waals surface area contributed by atoms with Crippen molar-refractivity contribution in [3.05, 3.63) is 46.9 Å². The second kappa shape index (κ2) is 5.23. The van der Waals surface area contributed by atoms with Gasteiger partial charge in [0, 0.05) is 19.0 Å². The molecule has 0 atom stereocenters. The van der Waals surface area contributed by atoms with Crippen LogP contribution in [-0.2, 0) is 13.1 Å². The Morgan fingerprint density at radius 3 is 2.41 bits per heavy atom. The summed E-state index contributed by atoms with van der Waals surface area (Å²) in [5, 5.41) is 0. The Bertz CT molecular complexity index is 595. The van der Waals surface area contributed by atoms with Gasteiger partial charge in [0.15, 0.2) is 0 Å². The highest BCUT2D eigenvalue weighted by atomic mass is 35.5. The van der Waals surface area contributed by atoms with Gasteiger partial charge < -0.3 is 0 Å². The zero-order valence-corrected chi connectivity index (χ0v) is 10.5. The summed E-state index contributed by atoms with van der Waals surface area (Å²) < 4.78 is 3.55. The third-order valence-corrected chi connectivity index (χ3v) is 2.96. The van der Waals surface area contributed by atoms with Crippen LogP contribution in [0.2, 0.25) is 0 Å². The molecule has 1 heterocycles. The van der Waals surface area contributed by atoms with Gasteiger partial charge in [-0.05, 0) is 19.1 Å². The topological polar surface area (TPSA) is 26.9 Å². The van der Waals surface area contributed by atoms with Crippen LogP contribution >= 0.6 is 11.6 Å². The number of aryl methyl sites for hydroxylation is 1. The van der Waals surface area contributed by atoms with E-state index in [1.807, 2.05) is 43.3 Å². The third-order valence-electron chi connectivity index (χ3n) is 2.79. The van der Waals surface area contributed by atoms with E-state index in [-0.39, 0.29) is 5.69 Å². The first kappa shape index (κ1) is 12.0. The molecule has 0 saturated carbocycles. The molecule has 0 N–H and O–H groups in total. The molecule has 2 rings (SSSR count). The summed E-state index contributed by atoms with van der Waals surface area (Å²) in [6.07, 6.45) is 3.77. The molecule has 0 spiro atoms. The van der Waals surface area contributed by atoms with Crippen LogP contribution in [0.3, 0.4) is 0 Å². The minimum atomic E-state index is 0.0351. The van der Waals surface area contributed by atoms with Crippen LogP contribution < -0.4 is 5.69 Å². The van der Waals surface area contributed by atoms with Crippen molar-refractivity contribution in [3.63, 3.8) is 0 Å². The van der Waals surface area contributed by atoms with Crippen LogP contribution in [0.4, 0.5) is 0 Å². The van der Waals surface area contributed by atoms with Gasteiger partial charge in [-0.15, -0.1) is 11.6 Å². The highest BCUT2D eigenvalue weighted by molar-refractivity contribution is 6.18. The van der Waals surface area contributed by atoms with Gasteiger partial charge in [0.05, 0.1) is 11.0 Å². The Kier molecular flexibility index (Phi) is 3.69. The van der Waals surface area contributed by atoms with Crippen molar-refractivity contribution in [1.82, 2.24) is 9.13 Å². The molecule has 17 heavy (non-hydrogen) atoms. The van der Waals surface area contributed by atoms with E-state index in [9.17, 15) is 4.79 Å². The molecule has 0 unspecified atom stereocenters. The molecule has 1 aromatic heterocycles. The average Bonchev–Trinajstić information content (AvgIpc) is 2.62. The van der Waals surface area contributed by atoms with Gasteiger partial charge in [0.2, 0.25) is 0 Å². The van der Waals surface area contributed by atoms with Gasteiger partial charge in [-0.25, -0.2) is 4.79 Å². The maximum Gasteiger partial charge on any atom is 0.329 e. The van der Waals surface area contributed by atoms with E-state index in [0.717, 1.165) is 11.0 Å². The van der Waals surface area contributed by atoms with Crippen molar-refractivity contribution in [3.8, 4) is 0 Å². The maximum atomic E-state index is 12.2. The number of halogens is 1. The number of nitrogens with zero attached hydrogens (tertiary/aromatic N) is 2. The van der Waals surface area contributed by atoms with Crippen molar-refractivity contribution in [1.29, 1.82) is 0 Å². The number of hydrogen-bond donors (Lipinski definition) is 0.